The molecule has 1 N–H and O–H groups in total. The number of phenolic OH excluding ortho intramolecular Hbond substituents is 1. The summed E-state index contributed by atoms with van der Waals surface area (Å²) >= 11 is 7.65. The Balaban J connectivity index is 1.90. The fourth-order valence-electron chi connectivity index (χ4n) is 2.06. The van der Waals surface area contributed by atoms with E-state index in [0.29, 0.717) is 10.8 Å². The van der Waals surface area contributed by atoms with E-state index >= 15 is 0 Å². The van der Waals surface area contributed by atoms with E-state index in [0.717, 1.165) is 27.1 Å². The van der Waals surface area contributed by atoms with Crippen LogP contribution in [0.1, 0.15) is 5.69 Å². The fraction of sp³-hybridized carbons (Fsp3) is 0.0625. The van der Waals surface area contributed by atoms with Crippen molar-refractivity contribution >= 4 is 34.1 Å². The van der Waals surface area contributed by atoms with Crippen LogP contribution in [-0.2, 0) is 5.75 Å². The highest BCUT2D eigenvalue weighted by molar-refractivity contribution is 7.98. The van der Waals surface area contributed by atoms with E-state index in [1.54, 1.807) is 30.1 Å². The van der Waals surface area contributed by atoms with Crippen molar-refractivity contribution in [2.45, 2.75) is 10.6 Å². The Labute approximate surface area is 126 Å². The number of hydrogen-bond donors (Lipinski definition) is 1. The van der Waals surface area contributed by atoms with Crippen LogP contribution in [-0.4, -0.2) is 10.1 Å². The highest BCUT2D eigenvalue weighted by atomic mass is 35.5. The molecule has 0 saturated heterocycles. The molecule has 0 atom stereocenters. The third kappa shape index (κ3) is 2.74. The van der Waals surface area contributed by atoms with Crippen LogP contribution in [0, 0.1) is 0 Å². The van der Waals surface area contributed by atoms with Gasteiger partial charge in [-0.15, -0.1) is 11.8 Å². The molecule has 0 aliphatic heterocycles. The number of hydrogen-bond acceptors (Lipinski definition) is 3. The molecule has 0 fully saturated rings. The van der Waals surface area contributed by atoms with Crippen LogP contribution in [0.2, 0.25) is 5.02 Å². The molecule has 0 bridgehead atoms. The number of rotatable bonds is 3. The Kier molecular flexibility index (Phi) is 3.81. The first-order valence-electron chi connectivity index (χ1n) is 6.18. The molecule has 0 saturated carbocycles. The van der Waals surface area contributed by atoms with Gasteiger partial charge in [0.2, 0.25) is 0 Å². The Morgan fingerprint density at radius 2 is 1.85 bits per heavy atom. The summed E-state index contributed by atoms with van der Waals surface area (Å²) in [6.07, 6.45) is 1.72. The summed E-state index contributed by atoms with van der Waals surface area (Å²) in [6.45, 7) is 0. The number of phenols is 1. The van der Waals surface area contributed by atoms with Gasteiger partial charge in [0.05, 0.1) is 5.69 Å². The number of halogens is 1. The lowest BCUT2D eigenvalue weighted by molar-refractivity contribution is 0.481. The Morgan fingerprint density at radius 3 is 2.65 bits per heavy atom. The van der Waals surface area contributed by atoms with E-state index in [2.05, 4.69) is 4.98 Å². The summed E-state index contributed by atoms with van der Waals surface area (Å²) in [7, 11) is 0. The number of aromatic nitrogens is 1. The average Bonchev–Trinajstić information content (AvgIpc) is 2.47. The number of pyridine rings is 1. The average molecular weight is 302 g/mol. The van der Waals surface area contributed by atoms with Gasteiger partial charge in [0.25, 0.3) is 0 Å². The van der Waals surface area contributed by atoms with Crippen LogP contribution in [0.5, 0.6) is 5.75 Å². The van der Waals surface area contributed by atoms with Crippen LogP contribution in [0.15, 0.2) is 59.6 Å². The summed E-state index contributed by atoms with van der Waals surface area (Å²) < 4.78 is 0. The SMILES string of the molecule is Oc1ccc(SCc2cc(Cl)ccn2)c2ccccc12. The molecule has 3 rings (SSSR count). The van der Waals surface area contributed by atoms with Crippen molar-refractivity contribution in [3.8, 4) is 5.75 Å². The lowest BCUT2D eigenvalue weighted by Gasteiger charge is -2.07. The lowest BCUT2D eigenvalue weighted by atomic mass is 10.1. The zero-order chi connectivity index (χ0) is 13.9. The largest absolute Gasteiger partial charge is 0.507 e. The van der Waals surface area contributed by atoms with E-state index < -0.39 is 0 Å². The Hall–Kier alpha value is -1.71. The molecule has 0 radical (unpaired) electrons. The molecular formula is C16H12ClNOS. The van der Waals surface area contributed by atoms with Crippen LogP contribution in [0.4, 0.5) is 0 Å². The zero-order valence-electron chi connectivity index (χ0n) is 10.6. The first-order valence-corrected chi connectivity index (χ1v) is 7.54. The highest BCUT2D eigenvalue weighted by Gasteiger charge is 2.06. The predicted molar refractivity (Wildman–Crippen MR) is 84.4 cm³/mol. The molecular weight excluding hydrogens is 290 g/mol. The molecule has 4 heteroatoms. The fourth-order valence-corrected chi connectivity index (χ4v) is 3.20. The Morgan fingerprint density at radius 1 is 1.05 bits per heavy atom. The minimum atomic E-state index is 0.311. The minimum Gasteiger partial charge on any atom is -0.507 e. The van der Waals surface area contributed by atoms with Gasteiger partial charge in [-0.05, 0) is 29.7 Å². The van der Waals surface area contributed by atoms with Crippen LogP contribution < -0.4 is 0 Å². The number of thioether (sulfide) groups is 1. The van der Waals surface area contributed by atoms with Crippen molar-refractivity contribution in [1.29, 1.82) is 0 Å². The van der Waals surface area contributed by atoms with E-state index in [1.807, 2.05) is 36.4 Å². The molecule has 0 aliphatic carbocycles. The molecule has 20 heavy (non-hydrogen) atoms. The van der Waals surface area contributed by atoms with Crippen molar-refractivity contribution in [3.05, 3.63) is 65.4 Å². The molecule has 0 aliphatic rings. The molecule has 0 amide bonds. The summed E-state index contributed by atoms with van der Waals surface area (Å²) in [5.74, 6) is 1.06. The molecule has 1 heterocycles. The smallest absolute Gasteiger partial charge is 0.123 e. The first kappa shape index (κ1) is 13.3. The second-order valence-electron chi connectivity index (χ2n) is 4.38. The molecule has 3 aromatic rings. The second kappa shape index (κ2) is 5.73. The number of fused-ring (bicyclic) bond motifs is 1. The standard InChI is InChI=1S/C16H12ClNOS/c17-11-7-8-18-12(9-11)10-20-16-6-5-15(19)13-3-1-2-4-14(13)16/h1-9,19H,10H2. The van der Waals surface area contributed by atoms with Crippen molar-refractivity contribution in [1.82, 2.24) is 4.98 Å². The maximum absolute atomic E-state index is 9.88. The van der Waals surface area contributed by atoms with E-state index in [1.165, 1.54) is 0 Å². The van der Waals surface area contributed by atoms with Gasteiger partial charge in [-0.3, -0.25) is 4.98 Å². The molecule has 1 aromatic heterocycles. The zero-order valence-corrected chi connectivity index (χ0v) is 12.2. The van der Waals surface area contributed by atoms with Gasteiger partial charge in [0, 0.05) is 27.3 Å². The van der Waals surface area contributed by atoms with Crippen LogP contribution >= 0.6 is 23.4 Å². The normalized spacial score (nSPS) is 10.8. The number of aromatic hydroxyl groups is 1. The van der Waals surface area contributed by atoms with Crippen molar-refractivity contribution in [2.75, 3.05) is 0 Å². The van der Waals surface area contributed by atoms with Gasteiger partial charge in [0.1, 0.15) is 5.75 Å². The molecule has 2 nitrogen and oxygen atoms in total. The number of benzene rings is 2. The van der Waals surface area contributed by atoms with E-state index in [9.17, 15) is 5.11 Å². The van der Waals surface area contributed by atoms with Gasteiger partial charge >= 0.3 is 0 Å². The number of nitrogens with zero attached hydrogens (tertiary/aromatic N) is 1. The molecule has 2 aromatic carbocycles. The predicted octanol–water partition coefficient (Wildman–Crippen LogP) is 4.89. The van der Waals surface area contributed by atoms with Gasteiger partial charge in [0.15, 0.2) is 0 Å². The third-order valence-electron chi connectivity index (χ3n) is 3.02. The van der Waals surface area contributed by atoms with Gasteiger partial charge in [-0.1, -0.05) is 35.9 Å². The minimum absolute atomic E-state index is 0.311. The quantitative estimate of drug-likeness (QED) is 0.699. The Bertz CT molecular complexity index is 760. The van der Waals surface area contributed by atoms with Crippen LogP contribution in [0.3, 0.4) is 0 Å². The summed E-state index contributed by atoms with van der Waals surface area (Å²) in [6, 6.07) is 15.2. The van der Waals surface area contributed by atoms with Gasteiger partial charge in [-0.2, -0.15) is 0 Å². The maximum Gasteiger partial charge on any atom is 0.123 e. The molecule has 0 spiro atoms. The summed E-state index contributed by atoms with van der Waals surface area (Å²) in [5.41, 5.74) is 0.944. The highest BCUT2D eigenvalue weighted by Crippen LogP contribution is 2.34. The second-order valence-corrected chi connectivity index (χ2v) is 5.84. The maximum atomic E-state index is 9.88. The molecule has 0 unspecified atom stereocenters. The summed E-state index contributed by atoms with van der Waals surface area (Å²) in [5, 5.41) is 12.5. The summed E-state index contributed by atoms with van der Waals surface area (Å²) in [4.78, 5) is 5.42. The topological polar surface area (TPSA) is 33.1 Å². The van der Waals surface area contributed by atoms with Crippen molar-refractivity contribution < 1.29 is 5.11 Å². The lowest BCUT2D eigenvalue weighted by Crippen LogP contribution is -1.86. The van der Waals surface area contributed by atoms with Crippen LogP contribution in [0.25, 0.3) is 10.8 Å². The third-order valence-corrected chi connectivity index (χ3v) is 4.36. The molecule has 100 valence electrons. The van der Waals surface area contributed by atoms with E-state index in [-0.39, 0.29) is 0 Å². The van der Waals surface area contributed by atoms with Crippen molar-refractivity contribution in [3.63, 3.8) is 0 Å². The monoisotopic (exact) mass is 301 g/mol. The van der Waals surface area contributed by atoms with Crippen molar-refractivity contribution in [2.24, 2.45) is 0 Å². The first-order chi connectivity index (χ1) is 9.74. The van der Waals surface area contributed by atoms with Gasteiger partial charge in [-0.25, -0.2) is 0 Å². The van der Waals surface area contributed by atoms with E-state index in [4.69, 9.17) is 11.6 Å². The van der Waals surface area contributed by atoms with Gasteiger partial charge < -0.3 is 5.11 Å².